The van der Waals surface area contributed by atoms with Crippen LogP contribution in [-0.2, 0) is 14.3 Å². The van der Waals surface area contributed by atoms with Crippen molar-refractivity contribution in [3.8, 4) is 11.3 Å². The number of unbranched alkanes of at least 4 members (excludes halogenated alkanes) is 1. The molecule has 2 N–H and O–H groups in total. The summed E-state index contributed by atoms with van der Waals surface area (Å²) >= 11 is 0. The van der Waals surface area contributed by atoms with Gasteiger partial charge in [-0.25, -0.2) is 9.78 Å². The van der Waals surface area contributed by atoms with E-state index in [0.717, 1.165) is 50.0 Å². The number of ether oxygens (including phenoxy) is 1. The van der Waals surface area contributed by atoms with Gasteiger partial charge in [0.15, 0.2) is 0 Å². The van der Waals surface area contributed by atoms with Gasteiger partial charge < -0.3 is 34.8 Å². The number of pyridine rings is 1. The molecule has 12 heteroatoms. The van der Waals surface area contributed by atoms with Crippen LogP contribution in [0.3, 0.4) is 0 Å². The molecule has 12 nitrogen and oxygen atoms in total. The lowest BCUT2D eigenvalue weighted by Crippen LogP contribution is -2.56. The molecule has 5 rings (SSSR count). The summed E-state index contributed by atoms with van der Waals surface area (Å²) in [4.78, 5) is 64.1. The molecule has 0 radical (unpaired) electrons. The van der Waals surface area contributed by atoms with Gasteiger partial charge in [-0.15, -0.1) is 0 Å². The van der Waals surface area contributed by atoms with E-state index in [1.165, 1.54) is 25.9 Å². The van der Waals surface area contributed by atoms with E-state index in [0.29, 0.717) is 31.4 Å². The highest BCUT2D eigenvalue weighted by Crippen LogP contribution is 2.29. The third kappa shape index (κ3) is 9.21. The number of hydrogen-bond donors (Lipinski definition) is 2. The number of amides is 3. The number of carbonyl (C=O) groups excluding carboxylic acids is 3. The van der Waals surface area contributed by atoms with Crippen molar-refractivity contribution >= 4 is 29.6 Å². The van der Waals surface area contributed by atoms with E-state index < -0.39 is 24.0 Å². The van der Waals surface area contributed by atoms with Gasteiger partial charge in [-0.2, -0.15) is 0 Å². The number of carboxylic acid groups (broad SMARTS) is 1. The molecule has 47 heavy (non-hydrogen) atoms. The third-order valence-electron chi connectivity index (χ3n) is 9.42. The number of aromatic nitrogens is 1. The molecule has 2 aromatic rings. The molecule has 3 aliphatic heterocycles. The predicted molar refractivity (Wildman–Crippen MR) is 178 cm³/mol. The second-order valence-corrected chi connectivity index (χ2v) is 12.7. The van der Waals surface area contributed by atoms with Crippen LogP contribution in [0.25, 0.3) is 11.3 Å². The Morgan fingerprint density at radius 3 is 2.28 bits per heavy atom. The molecule has 4 heterocycles. The maximum atomic E-state index is 13.8. The summed E-state index contributed by atoms with van der Waals surface area (Å²) in [5, 5.41) is 12.2. The quantitative estimate of drug-likeness (QED) is 0.329. The summed E-state index contributed by atoms with van der Waals surface area (Å²) in [6, 6.07) is 13.0. The normalized spacial score (nSPS) is 18.2. The van der Waals surface area contributed by atoms with Crippen LogP contribution < -0.4 is 10.2 Å². The zero-order chi connectivity index (χ0) is 33.2. The summed E-state index contributed by atoms with van der Waals surface area (Å²) in [6.07, 6.45) is 5.61. The SMILES string of the molecule is CCCCOC(=O)N1CCN(C(=O)[C@H](CCC(=O)O)NC(=O)c2cc(N3CCC(N4CCCC4)CC3)cc(-c3ccccc3)n2)CC1. The number of carbonyl (C=O) groups is 4. The fourth-order valence-corrected chi connectivity index (χ4v) is 6.65. The predicted octanol–water partition coefficient (Wildman–Crippen LogP) is 3.86. The van der Waals surface area contributed by atoms with Crippen LogP contribution in [0.15, 0.2) is 42.5 Å². The average Bonchev–Trinajstić information content (AvgIpc) is 3.65. The first-order valence-electron chi connectivity index (χ1n) is 17.1. The molecule has 3 saturated heterocycles. The third-order valence-corrected chi connectivity index (χ3v) is 9.42. The Hall–Kier alpha value is -4.19. The fraction of sp³-hybridized carbons (Fsp3) is 0.571. The number of piperazine rings is 1. The van der Waals surface area contributed by atoms with Crippen LogP contribution in [0.2, 0.25) is 0 Å². The van der Waals surface area contributed by atoms with Gasteiger partial charge in [0.05, 0.1) is 12.3 Å². The van der Waals surface area contributed by atoms with Crippen molar-refractivity contribution < 1.29 is 29.0 Å². The van der Waals surface area contributed by atoms with Gasteiger partial charge in [-0.1, -0.05) is 43.7 Å². The van der Waals surface area contributed by atoms with Crippen molar-refractivity contribution in [2.75, 3.05) is 63.9 Å². The van der Waals surface area contributed by atoms with E-state index in [-0.39, 0.29) is 37.5 Å². The number of likely N-dealkylation sites (tertiary alicyclic amines) is 1. The van der Waals surface area contributed by atoms with E-state index in [9.17, 15) is 24.3 Å². The number of piperidine rings is 1. The first-order valence-corrected chi connectivity index (χ1v) is 17.1. The van der Waals surface area contributed by atoms with Gasteiger partial charge in [0.25, 0.3) is 5.91 Å². The van der Waals surface area contributed by atoms with Gasteiger partial charge in [-0.3, -0.25) is 14.4 Å². The highest BCUT2D eigenvalue weighted by atomic mass is 16.6. The molecule has 0 unspecified atom stereocenters. The molecule has 1 aromatic carbocycles. The standard InChI is InChI=1S/C35H48N6O6/c1-2-3-23-47-35(46)41-21-19-40(20-22-41)34(45)29(11-12-32(42)43)37-33(44)31-25-28(24-30(36-31)26-9-5-4-6-10-26)39-17-13-27(14-18-39)38-15-7-8-16-38/h4-6,9-10,24-25,27,29H,2-3,7-8,11-23H2,1H3,(H,37,44)(H,42,43)/t29-/m0/s1. The first-order chi connectivity index (χ1) is 22.8. The average molecular weight is 649 g/mol. The van der Waals surface area contributed by atoms with Crippen LogP contribution in [0.4, 0.5) is 10.5 Å². The number of nitrogens with zero attached hydrogens (tertiary/aromatic N) is 5. The molecule has 0 saturated carbocycles. The molecule has 254 valence electrons. The Bertz CT molecular complexity index is 1370. The molecule has 3 amide bonds. The highest BCUT2D eigenvalue weighted by Gasteiger charge is 2.32. The number of hydrogen-bond acceptors (Lipinski definition) is 8. The Balaban J connectivity index is 1.30. The van der Waals surface area contributed by atoms with Gasteiger partial charge in [0.1, 0.15) is 11.7 Å². The van der Waals surface area contributed by atoms with Crippen molar-refractivity contribution in [1.29, 1.82) is 0 Å². The molecule has 0 bridgehead atoms. The van der Waals surface area contributed by atoms with Crippen molar-refractivity contribution in [3.05, 3.63) is 48.2 Å². The van der Waals surface area contributed by atoms with Gasteiger partial charge in [-0.05, 0) is 63.7 Å². The van der Waals surface area contributed by atoms with E-state index in [1.54, 1.807) is 15.9 Å². The Labute approximate surface area is 277 Å². The maximum absolute atomic E-state index is 13.8. The molecule has 3 aliphatic rings. The second-order valence-electron chi connectivity index (χ2n) is 12.7. The lowest BCUT2D eigenvalue weighted by atomic mass is 10.0. The molecular weight excluding hydrogens is 600 g/mol. The topological polar surface area (TPSA) is 136 Å². The molecule has 3 fully saturated rings. The maximum Gasteiger partial charge on any atom is 0.409 e. The summed E-state index contributed by atoms with van der Waals surface area (Å²) in [5.41, 5.74) is 2.61. The van der Waals surface area contributed by atoms with Crippen LogP contribution in [0.5, 0.6) is 0 Å². The zero-order valence-electron chi connectivity index (χ0n) is 27.4. The number of anilines is 1. The summed E-state index contributed by atoms with van der Waals surface area (Å²) in [5.74, 6) is -1.96. The largest absolute Gasteiger partial charge is 0.481 e. The minimum atomic E-state index is -1.06. The van der Waals surface area contributed by atoms with Gasteiger partial charge in [0.2, 0.25) is 5.91 Å². The summed E-state index contributed by atoms with van der Waals surface area (Å²) < 4.78 is 5.30. The summed E-state index contributed by atoms with van der Waals surface area (Å²) in [7, 11) is 0. The number of rotatable bonds is 12. The van der Waals surface area contributed by atoms with E-state index >= 15 is 0 Å². The highest BCUT2D eigenvalue weighted by molar-refractivity contribution is 5.97. The van der Waals surface area contributed by atoms with Crippen LogP contribution in [0.1, 0.15) is 68.8 Å². The Kier molecular flexibility index (Phi) is 12.0. The minimum Gasteiger partial charge on any atom is -0.481 e. The number of carboxylic acids is 1. The fourth-order valence-electron chi connectivity index (χ4n) is 6.65. The van der Waals surface area contributed by atoms with E-state index in [2.05, 4.69) is 15.1 Å². The molecular formula is C35H48N6O6. The Morgan fingerprint density at radius 2 is 1.62 bits per heavy atom. The van der Waals surface area contributed by atoms with E-state index in [4.69, 9.17) is 9.72 Å². The lowest BCUT2D eigenvalue weighted by Gasteiger charge is -2.38. The van der Waals surface area contributed by atoms with Crippen molar-refractivity contribution in [2.45, 2.75) is 70.4 Å². The van der Waals surface area contributed by atoms with Crippen LogP contribution in [0, 0.1) is 0 Å². The van der Waals surface area contributed by atoms with Crippen LogP contribution in [-0.4, -0.2) is 120 Å². The zero-order valence-corrected chi connectivity index (χ0v) is 27.4. The second kappa shape index (κ2) is 16.6. The number of benzene rings is 1. The summed E-state index contributed by atoms with van der Waals surface area (Å²) in [6.45, 7) is 7.60. The van der Waals surface area contributed by atoms with Crippen LogP contribution >= 0.6 is 0 Å². The molecule has 0 aliphatic carbocycles. The van der Waals surface area contributed by atoms with Crippen molar-refractivity contribution in [2.24, 2.45) is 0 Å². The van der Waals surface area contributed by atoms with Crippen molar-refractivity contribution in [1.82, 2.24) is 25.0 Å². The van der Waals surface area contributed by atoms with E-state index in [1.807, 2.05) is 43.3 Å². The number of aliphatic carboxylic acids is 1. The van der Waals surface area contributed by atoms with Gasteiger partial charge in [0, 0.05) is 63.0 Å². The lowest BCUT2D eigenvalue weighted by molar-refractivity contribution is -0.138. The molecule has 1 atom stereocenters. The monoisotopic (exact) mass is 648 g/mol. The number of nitrogens with one attached hydrogen (secondary N) is 1. The van der Waals surface area contributed by atoms with Gasteiger partial charge >= 0.3 is 12.1 Å². The molecule has 0 spiro atoms. The molecule has 1 aromatic heterocycles. The minimum absolute atomic E-state index is 0.0611. The smallest absolute Gasteiger partial charge is 0.409 e. The Morgan fingerprint density at radius 1 is 0.936 bits per heavy atom. The first kappa shape index (κ1) is 34.2. The van der Waals surface area contributed by atoms with Crippen molar-refractivity contribution in [3.63, 3.8) is 0 Å².